The zero-order valence-electron chi connectivity index (χ0n) is 7.73. The summed E-state index contributed by atoms with van der Waals surface area (Å²) in [6, 6.07) is 8.22. The molecule has 3 heteroatoms. The molecule has 1 aliphatic rings. The van der Waals surface area contributed by atoms with Crippen molar-refractivity contribution < 1.29 is 4.79 Å². The highest BCUT2D eigenvalue weighted by molar-refractivity contribution is 5.76. The number of hydrogen-bond acceptors (Lipinski definition) is 2. The van der Waals surface area contributed by atoms with E-state index in [0.717, 1.165) is 0 Å². The molecule has 1 amide bonds. The van der Waals surface area contributed by atoms with Gasteiger partial charge in [-0.2, -0.15) is 0 Å². The minimum Gasteiger partial charge on any atom is -0.369 e. The first kappa shape index (κ1) is 8.97. The highest BCUT2D eigenvalue weighted by Crippen LogP contribution is 2.27. The number of amides is 1. The summed E-state index contributed by atoms with van der Waals surface area (Å²) in [5, 5.41) is 3.08. The van der Waals surface area contributed by atoms with E-state index in [9.17, 15) is 4.79 Å². The van der Waals surface area contributed by atoms with Crippen LogP contribution in [0.15, 0.2) is 30.3 Å². The van der Waals surface area contributed by atoms with Crippen LogP contribution in [0, 0.1) is 0 Å². The van der Waals surface area contributed by atoms with Crippen LogP contribution >= 0.6 is 0 Å². The second kappa shape index (κ2) is 3.64. The Morgan fingerprint density at radius 3 is 3.00 bits per heavy atom. The molecule has 0 heterocycles. The molecule has 1 aliphatic carbocycles. The molecule has 0 bridgehead atoms. The Labute approximate surface area is 82.6 Å². The molecule has 0 fully saturated rings. The SMILES string of the molecule is NC(=O)CNC1C=Cc2ccccc21. The zero-order valence-corrected chi connectivity index (χ0v) is 7.73. The molecule has 72 valence electrons. The smallest absolute Gasteiger partial charge is 0.231 e. The van der Waals surface area contributed by atoms with Gasteiger partial charge in [0.25, 0.3) is 0 Å². The highest BCUT2D eigenvalue weighted by Gasteiger charge is 2.15. The van der Waals surface area contributed by atoms with Crippen molar-refractivity contribution in [3.63, 3.8) is 0 Å². The molecule has 2 rings (SSSR count). The standard InChI is InChI=1S/C11H12N2O/c12-11(14)7-13-10-6-5-8-3-1-2-4-9(8)10/h1-6,10,13H,7H2,(H2,12,14). The van der Waals surface area contributed by atoms with E-state index >= 15 is 0 Å². The first-order chi connectivity index (χ1) is 6.77. The van der Waals surface area contributed by atoms with E-state index in [0.29, 0.717) is 0 Å². The van der Waals surface area contributed by atoms with Crippen molar-refractivity contribution in [1.82, 2.24) is 5.32 Å². The fraction of sp³-hybridized carbons (Fsp3) is 0.182. The Bertz CT molecular complexity index is 385. The Balaban J connectivity index is 2.11. The van der Waals surface area contributed by atoms with Gasteiger partial charge in [-0.25, -0.2) is 0 Å². The molecular weight excluding hydrogens is 176 g/mol. The average molecular weight is 188 g/mol. The van der Waals surface area contributed by atoms with Gasteiger partial charge in [-0.3, -0.25) is 10.1 Å². The summed E-state index contributed by atoms with van der Waals surface area (Å²) >= 11 is 0. The van der Waals surface area contributed by atoms with E-state index in [2.05, 4.69) is 11.4 Å². The molecule has 0 saturated heterocycles. The minimum atomic E-state index is -0.331. The lowest BCUT2D eigenvalue weighted by molar-refractivity contribution is -0.117. The summed E-state index contributed by atoms with van der Waals surface area (Å²) in [4.78, 5) is 10.6. The van der Waals surface area contributed by atoms with Crippen LogP contribution in [0.3, 0.4) is 0 Å². The molecule has 3 nitrogen and oxygen atoms in total. The molecule has 1 atom stereocenters. The number of carbonyl (C=O) groups is 1. The maximum absolute atomic E-state index is 10.6. The Morgan fingerprint density at radius 2 is 2.21 bits per heavy atom. The molecule has 1 unspecified atom stereocenters. The summed E-state index contributed by atoms with van der Waals surface area (Å²) in [5.41, 5.74) is 7.47. The number of fused-ring (bicyclic) bond motifs is 1. The van der Waals surface area contributed by atoms with Gasteiger partial charge >= 0.3 is 0 Å². The first-order valence-electron chi connectivity index (χ1n) is 4.56. The van der Waals surface area contributed by atoms with Gasteiger partial charge in [0, 0.05) is 0 Å². The van der Waals surface area contributed by atoms with E-state index in [-0.39, 0.29) is 18.5 Å². The lowest BCUT2D eigenvalue weighted by Gasteiger charge is -2.11. The Hall–Kier alpha value is -1.61. The van der Waals surface area contributed by atoms with Gasteiger partial charge < -0.3 is 5.73 Å². The van der Waals surface area contributed by atoms with Gasteiger partial charge in [-0.15, -0.1) is 0 Å². The number of nitrogens with two attached hydrogens (primary N) is 1. The van der Waals surface area contributed by atoms with Gasteiger partial charge in [0.1, 0.15) is 0 Å². The van der Waals surface area contributed by atoms with Crippen LogP contribution in [0.1, 0.15) is 17.2 Å². The molecule has 1 aromatic rings. The lowest BCUT2D eigenvalue weighted by Crippen LogP contribution is -2.30. The van der Waals surface area contributed by atoms with Gasteiger partial charge in [0.2, 0.25) is 5.91 Å². The topological polar surface area (TPSA) is 55.1 Å². The quantitative estimate of drug-likeness (QED) is 0.738. The Kier molecular flexibility index (Phi) is 2.33. The zero-order chi connectivity index (χ0) is 9.97. The van der Waals surface area contributed by atoms with Crippen molar-refractivity contribution in [1.29, 1.82) is 0 Å². The third-order valence-corrected chi connectivity index (χ3v) is 2.30. The van der Waals surface area contributed by atoms with Crippen molar-refractivity contribution in [2.24, 2.45) is 5.73 Å². The van der Waals surface area contributed by atoms with E-state index in [1.54, 1.807) is 0 Å². The maximum atomic E-state index is 10.6. The predicted octanol–water partition coefficient (Wildman–Crippen LogP) is 0.829. The van der Waals surface area contributed by atoms with E-state index in [1.807, 2.05) is 30.4 Å². The average Bonchev–Trinajstić information content (AvgIpc) is 2.58. The fourth-order valence-corrected chi connectivity index (χ4v) is 1.64. The summed E-state index contributed by atoms with van der Waals surface area (Å²) in [6.45, 7) is 0.212. The van der Waals surface area contributed by atoms with Gasteiger partial charge in [-0.05, 0) is 11.1 Å². The molecule has 0 saturated carbocycles. The molecule has 14 heavy (non-hydrogen) atoms. The molecule has 0 radical (unpaired) electrons. The second-order valence-corrected chi connectivity index (χ2v) is 3.31. The summed E-state index contributed by atoms with van der Waals surface area (Å²) in [7, 11) is 0. The van der Waals surface area contributed by atoms with Crippen LogP contribution in [0.2, 0.25) is 0 Å². The van der Waals surface area contributed by atoms with Crippen LogP contribution in [-0.2, 0) is 4.79 Å². The minimum absolute atomic E-state index is 0.124. The van der Waals surface area contributed by atoms with E-state index in [4.69, 9.17) is 5.73 Å². The molecule has 0 aromatic heterocycles. The molecular formula is C11H12N2O. The largest absolute Gasteiger partial charge is 0.369 e. The van der Waals surface area contributed by atoms with Crippen LogP contribution in [0.25, 0.3) is 6.08 Å². The second-order valence-electron chi connectivity index (χ2n) is 3.31. The molecule has 0 aliphatic heterocycles. The van der Waals surface area contributed by atoms with Gasteiger partial charge in [0.15, 0.2) is 0 Å². The molecule has 3 N–H and O–H groups in total. The third-order valence-electron chi connectivity index (χ3n) is 2.30. The van der Waals surface area contributed by atoms with Crippen molar-refractivity contribution >= 4 is 12.0 Å². The molecule has 0 spiro atoms. The van der Waals surface area contributed by atoms with Crippen molar-refractivity contribution in [2.45, 2.75) is 6.04 Å². The normalized spacial score (nSPS) is 18.1. The maximum Gasteiger partial charge on any atom is 0.231 e. The predicted molar refractivity (Wildman–Crippen MR) is 55.4 cm³/mol. The first-order valence-corrected chi connectivity index (χ1v) is 4.56. The summed E-state index contributed by atoms with van der Waals surface area (Å²) in [5.74, 6) is -0.331. The lowest BCUT2D eigenvalue weighted by atomic mass is 10.1. The number of hydrogen-bond donors (Lipinski definition) is 2. The monoisotopic (exact) mass is 188 g/mol. The number of benzene rings is 1. The van der Waals surface area contributed by atoms with Crippen LogP contribution < -0.4 is 11.1 Å². The van der Waals surface area contributed by atoms with Gasteiger partial charge in [0.05, 0.1) is 12.6 Å². The van der Waals surface area contributed by atoms with Crippen molar-refractivity contribution in [3.8, 4) is 0 Å². The number of nitrogens with one attached hydrogen (secondary N) is 1. The third kappa shape index (κ3) is 1.67. The van der Waals surface area contributed by atoms with Crippen LogP contribution in [0.4, 0.5) is 0 Å². The van der Waals surface area contributed by atoms with Crippen molar-refractivity contribution in [2.75, 3.05) is 6.54 Å². The number of carbonyl (C=O) groups excluding carboxylic acids is 1. The van der Waals surface area contributed by atoms with E-state index < -0.39 is 0 Å². The highest BCUT2D eigenvalue weighted by atomic mass is 16.1. The fourth-order valence-electron chi connectivity index (χ4n) is 1.64. The summed E-state index contributed by atoms with van der Waals surface area (Å²) in [6.07, 6.45) is 4.08. The van der Waals surface area contributed by atoms with Crippen molar-refractivity contribution in [3.05, 3.63) is 41.5 Å². The summed E-state index contributed by atoms with van der Waals surface area (Å²) < 4.78 is 0. The van der Waals surface area contributed by atoms with Gasteiger partial charge in [-0.1, -0.05) is 36.4 Å². The Morgan fingerprint density at radius 1 is 1.43 bits per heavy atom. The molecule has 1 aromatic carbocycles. The number of rotatable bonds is 3. The van der Waals surface area contributed by atoms with E-state index in [1.165, 1.54) is 11.1 Å². The van der Waals surface area contributed by atoms with Crippen LogP contribution in [0.5, 0.6) is 0 Å². The van der Waals surface area contributed by atoms with Crippen LogP contribution in [-0.4, -0.2) is 12.5 Å². The number of primary amides is 1.